The lowest BCUT2D eigenvalue weighted by molar-refractivity contribution is -0.0225. The first kappa shape index (κ1) is 21.5. The molecule has 6 nitrogen and oxygen atoms in total. The first-order chi connectivity index (χ1) is 17.1. The van der Waals surface area contributed by atoms with Crippen LogP contribution in [0.15, 0.2) is 60.1 Å². The highest BCUT2D eigenvalue weighted by Gasteiger charge is 2.34. The molecule has 9 heteroatoms. The van der Waals surface area contributed by atoms with Crippen molar-refractivity contribution in [2.45, 2.75) is 24.7 Å². The van der Waals surface area contributed by atoms with Gasteiger partial charge in [-0.3, -0.25) is 0 Å². The Morgan fingerprint density at radius 3 is 2.20 bits per heavy atom. The highest BCUT2D eigenvalue weighted by Crippen LogP contribution is 2.39. The largest absolute Gasteiger partial charge is 0.394 e. The maximum absolute atomic E-state index is 10.1. The van der Waals surface area contributed by atoms with Crippen LogP contribution in [0, 0.1) is 0 Å². The second-order valence-electron chi connectivity index (χ2n) is 8.63. The third kappa shape index (κ3) is 3.76. The topological polar surface area (TPSA) is 88.4 Å². The summed E-state index contributed by atoms with van der Waals surface area (Å²) in [5, 5.41) is 21.4. The molecule has 0 saturated carbocycles. The molecule has 0 spiro atoms. The Morgan fingerprint density at radius 2 is 1.49 bits per heavy atom. The van der Waals surface area contributed by atoms with Crippen LogP contribution < -0.4 is 0 Å². The van der Waals surface area contributed by atoms with Crippen LogP contribution in [0.2, 0.25) is 0 Å². The molecule has 3 aromatic carbocycles. The summed E-state index contributed by atoms with van der Waals surface area (Å²) in [5.74, 6) is 0. The predicted octanol–water partition coefficient (Wildman–Crippen LogP) is 6.03. The Bertz CT molecular complexity index is 1710. The molecule has 1 fully saturated rings. The van der Waals surface area contributed by atoms with Crippen molar-refractivity contribution in [1.82, 2.24) is 15.0 Å². The Labute approximate surface area is 212 Å². The predicted molar refractivity (Wildman–Crippen MR) is 142 cm³/mol. The van der Waals surface area contributed by atoms with Crippen LogP contribution in [0.25, 0.3) is 51.8 Å². The minimum absolute atomic E-state index is 0.174. The summed E-state index contributed by atoms with van der Waals surface area (Å²) in [4.78, 5) is 14.1. The molecule has 3 aromatic heterocycles. The van der Waals surface area contributed by atoms with Gasteiger partial charge in [-0.2, -0.15) is 0 Å². The average molecular weight is 518 g/mol. The number of fused-ring (bicyclic) bond motifs is 3. The molecule has 1 saturated heterocycles. The summed E-state index contributed by atoms with van der Waals surface area (Å²) < 4.78 is 9.20. The van der Waals surface area contributed by atoms with Crippen molar-refractivity contribution in [1.29, 1.82) is 0 Å². The van der Waals surface area contributed by atoms with E-state index in [2.05, 4.69) is 47.4 Å². The van der Waals surface area contributed by atoms with Gasteiger partial charge in [0.2, 0.25) is 0 Å². The average Bonchev–Trinajstić information content (AvgIpc) is 3.66. The normalized spacial score (nSPS) is 20.5. The van der Waals surface area contributed by atoms with Crippen molar-refractivity contribution in [2.24, 2.45) is 0 Å². The SMILES string of the molecule is OC[C@H]1OC(c2ccc3nc(-c4ccc5nc(-c6ccc7ncsc7c6)sc5c4)sc3c2)C[C@@H]1O. The van der Waals surface area contributed by atoms with Gasteiger partial charge in [0.25, 0.3) is 0 Å². The number of thiazole rings is 3. The van der Waals surface area contributed by atoms with Gasteiger partial charge in [-0.15, -0.1) is 34.0 Å². The summed E-state index contributed by atoms with van der Waals surface area (Å²) in [6.45, 7) is -0.174. The molecule has 174 valence electrons. The number of benzene rings is 3. The summed E-state index contributed by atoms with van der Waals surface area (Å²) >= 11 is 4.98. The molecule has 1 aliphatic rings. The third-order valence-corrected chi connectivity index (χ3v) is 9.33. The van der Waals surface area contributed by atoms with E-state index in [9.17, 15) is 10.2 Å². The summed E-state index contributed by atoms with van der Waals surface area (Å²) in [5.41, 5.74) is 8.00. The molecular formula is C26H19N3O3S3. The minimum atomic E-state index is -0.641. The van der Waals surface area contributed by atoms with Gasteiger partial charge in [-0.25, -0.2) is 15.0 Å². The van der Waals surface area contributed by atoms with E-state index in [0.717, 1.165) is 52.7 Å². The zero-order chi connectivity index (χ0) is 23.5. The third-order valence-electron chi connectivity index (χ3n) is 6.40. The van der Waals surface area contributed by atoms with Gasteiger partial charge in [-0.05, 0) is 54.1 Å². The lowest BCUT2D eigenvalue weighted by Crippen LogP contribution is -2.24. The van der Waals surface area contributed by atoms with Crippen LogP contribution in [0.5, 0.6) is 0 Å². The van der Waals surface area contributed by atoms with E-state index in [1.54, 1.807) is 34.0 Å². The molecule has 3 atom stereocenters. The number of rotatable bonds is 4. The van der Waals surface area contributed by atoms with E-state index in [1.807, 2.05) is 17.6 Å². The Balaban J connectivity index is 1.21. The van der Waals surface area contributed by atoms with Crippen LogP contribution in [0.1, 0.15) is 18.1 Å². The smallest absolute Gasteiger partial charge is 0.124 e. The standard InChI is InChI=1S/C26H19N3O3S3/c30-11-21-19(31)10-20(32-21)13-1-5-17-23(7-13)34-26(28-17)15-3-6-18-24(9-15)35-25(29-18)14-2-4-16-22(8-14)33-12-27-16/h1-9,12,19-21,30-31H,10-11H2/t19-,20?,21+/m0/s1. The molecule has 2 N–H and O–H groups in total. The number of aromatic nitrogens is 3. The Morgan fingerprint density at radius 1 is 0.829 bits per heavy atom. The van der Waals surface area contributed by atoms with E-state index < -0.39 is 12.2 Å². The molecule has 7 rings (SSSR count). The fourth-order valence-electron chi connectivity index (χ4n) is 4.54. The fourth-order valence-corrected chi connectivity index (χ4v) is 7.27. The van der Waals surface area contributed by atoms with Crippen LogP contribution >= 0.6 is 34.0 Å². The molecule has 0 amide bonds. The molecular weight excluding hydrogens is 499 g/mol. The molecule has 0 bridgehead atoms. The number of aliphatic hydroxyl groups is 2. The van der Waals surface area contributed by atoms with E-state index in [-0.39, 0.29) is 12.7 Å². The van der Waals surface area contributed by atoms with Crippen LogP contribution in [-0.2, 0) is 4.74 Å². The summed E-state index contributed by atoms with van der Waals surface area (Å²) in [6.07, 6.45) is -0.888. The molecule has 0 radical (unpaired) electrons. The quantitative estimate of drug-likeness (QED) is 0.297. The fraction of sp³-hybridized carbons (Fsp3) is 0.192. The Hall–Kier alpha value is -2.79. The number of aliphatic hydroxyl groups excluding tert-OH is 2. The van der Waals surface area contributed by atoms with Crippen molar-refractivity contribution >= 4 is 64.7 Å². The first-order valence-corrected chi connectivity index (χ1v) is 13.8. The van der Waals surface area contributed by atoms with Gasteiger partial charge < -0.3 is 14.9 Å². The van der Waals surface area contributed by atoms with E-state index in [4.69, 9.17) is 14.7 Å². The van der Waals surface area contributed by atoms with E-state index in [0.29, 0.717) is 6.42 Å². The maximum Gasteiger partial charge on any atom is 0.124 e. The van der Waals surface area contributed by atoms with Crippen LogP contribution in [0.3, 0.4) is 0 Å². The second kappa shape index (κ2) is 8.41. The van der Waals surface area contributed by atoms with Crippen molar-refractivity contribution in [2.75, 3.05) is 6.61 Å². The highest BCUT2D eigenvalue weighted by atomic mass is 32.1. The molecule has 6 aromatic rings. The maximum atomic E-state index is 10.1. The van der Waals surface area contributed by atoms with Crippen molar-refractivity contribution < 1.29 is 14.9 Å². The molecule has 4 heterocycles. The van der Waals surface area contributed by atoms with Crippen molar-refractivity contribution in [3.63, 3.8) is 0 Å². The number of ether oxygens (including phenoxy) is 1. The Kier molecular flexibility index (Phi) is 5.16. The number of hydrogen-bond acceptors (Lipinski definition) is 9. The molecule has 1 aliphatic heterocycles. The van der Waals surface area contributed by atoms with Crippen LogP contribution in [-0.4, -0.2) is 44.0 Å². The number of nitrogens with zero attached hydrogens (tertiary/aromatic N) is 3. The summed E-state index contributed by atoms with van der Waals surface area (Å²) in [6, 6.07) is 18.7. The summed E-state index contributed by atoms with van der Waals surface area (Å²) in [7, 11) is 0. The molecule has 0 aliphatic carbocycles. The van der Waals surface area contributed by atoms with E-state index >= 15 is 0 Å². The van der Waals surface area contributed by atoms with Crippen LogP contribution in [0.4, 0.5) is 0 Å². The van der Waals surface area contributed by atoms with Crippen molar-refractivity contribution in [3.05, 3.63) is 65.7 Å². The first-order valence-electron chi connectivity index (χ1n) is 11.2. The molecule has 1 unspecified atom stereocenters. The van der Waals surface area contributed by atoms with Gasteiger partial charge in [-0.1, -0.05) is 6.07 Å². The highest BCUT2D eigenvalue weighted by molar-refractivity contribution is 7.22. The monoisotopic (exact) mass is 517 g/mol. The lowest BCUT2D eigenvalue weighted by Gasteiger charge is -2.12. The lowest BCUT2D eigenvalue weighted by atomic mass is 10.0. The van der Waals surface area contributed by atoms with Gasteiger partial charge in [0.05, 0.1) is 55.0 Å². The van der Waals surface area contributed by atoms with Gasteiger partial charge >= 0.3 is 0 Å². The zero-order valence-electron chi connectivity index (χ0n) is 18.3. The zero-order valence-corrected chi connectivity index (χ0v) is 20.7. The van der Waals surface area contributed by atoms with Crippen molar-refractivity contribution in [3.8, 4) is 21.1 Å². The van der Waals surface area contributed by atoms with E-state index in [1.165, 1.54) is 4.70 Å². The molecule has 35 heavy (non-hydrogen) atoms. The number of hydrogen-bond donors (Lipinski definition) is 2. The van der Waals surface area contributed by atoms with Gasteiger partial charge in [0, 0.05) is 17.5 Å². The van der Waals surface area contributed by atoms with Gasteiger partial charge in [0.15, 0.2) is 0 Å². The second-order valence-corrected chi connectivity index (χ2v) is 11.6. The minimum Gasteiger partial charge on any atom is -0.394 e. The van der Waals surface area contributed by atoms with Gasteiger partial charge in [0.1, 0.15) is 16.1 Å².